The van der Waals surface area contributed by atoms with Crippen molar-refractivity contribution < 1.29 is 0 Å². The van der Waals surface area contributed by atoms with Crippen molar-refractivity contribution in [3.8, 4) is 0 Å². The number of likely N-dealkylation sites (tertiary alicyclic amines) is 2. The van der Waals surface area contributed by atoms with E-state index < -0.39 is 0 Å². The van der Waals surface area contributed by atoms with Gasteiger partial charge in [0.15, 0.2) is 5.96 Å². The van der Waals surface area contributed by atoms with Gasteiger partial charge in [-0.15, -0.1) is 0 Å². The number of hydrogen-bond donors (Lipinski definition) is 2. The predicted octanol–water partition coefficient (Wildman–Crippen LogP) is 2.93. The van der Waals surface area contributed by atoms with E-state index in [1.165, 1.54) is 90.5 Å². The molecule has 5 heteroatoms. The minimum atomic E-state index is 0.583. The lowest BCUT2D eigenvalue weighted by molar-refractivity contribution is 0.160. The summed E-state index contributed by atoms with van der Waals surface area (Å²) in [5, 5.41) is 7.20. The van der Waals surface area contributed by atoms with Crippen LogP contribution in [0, 0.1) is 11.8 Å². The van der Waals surface area contributed by atoms with Crippen LogP contribution in [-0.2, 0) is 0 Å². The van der Waals surface area contributed by atoms with Gasteiger partial charge in [-0.2, -0.15) is 0 Å². The largest absolute Gasteiger partial charge is 0.357 e. The van der Waals surface area contributed by atoms with E-state index in [1.807, 2.05) is 0 Å². The lowest BCUT2D eigenvalue weighted by Gasteiger charge is -2.36. The number of nitrogens with zero attached hydrogens (tertiary/aromatic N) is 3. The molecule has 0 aromatic heterocycles. The van der Waals surface area contributed by atoms with Crippen LogP contribution in [0.5, 0.6) is 0 Å². The van der Waals surface area contributed by atoms with Gasteiger partial charge in [0.25, 0.3) is 0 Å². The zero-order valence-electron chi connectivity index (χ0n) is 17.9. The lowest BCUT2D eigenvalue weighted by Crippen LogP contribution is -2.49. The molecule has 0 aromatic carbocycles. The molecule has 1 saturated carbocycles. The molecule has 2 aliphatic heterocycles. The van der Waals surface area contributed by atoms with Gasteiger partial charge >= 0.3 is 0 Å². The van der Waals surface area contributed by atoms with Gasteiger partial charge in [-0.3, -0.25) is 4.99 Å². The second kappa shape index (κ2) is 11.3. The summed E-state index contributed by atoms with van der Waals surface area (Å²) in [7, 11) is 2.24. The first kappa shape index (κ1) is 20.9. The molecule has 2 saturated heterocycles. The fraction of sp³-hybridized carbons (Fsp3) is 0.955. The summed E-state index contributed by atoms with van der Waals surface area (Å²) < 4.78 is 0. The van der Waals surface area contributed by atoms with E-state index in [0.29, 0.717) is 6.04 Å². The molecule has 3 rings (SSSR count). The molecule has 3 fully saturated rings. The number of nitrogens with one attached hydrogen (secondary N) is 2. The van der Waals surface area contributed by atoms with E-state index in [0.717, 1.165) is 30.9 Å². The Morgan fingerprint density at radius 1 is 0.926 bits per heavy atom. The zero-order valence-corrected chi connectivity index (χ0v) is 17.9. The van der Waals surface area contributed by atoms with Crippen LogP contribution in [-0.4, -0.2) is 74.7 Å². The quantitative estimate of drug-likeness (QED) is 0.552. The van der Waals surface area contributed by atoms with Crippen LogP contribution in [0.1, 0.15) is 64.7 Å². The summed E-state index contributed by atoms with van der Waals surface area (Å²) in [4.78, 5) is 10.1. The molecule has 0 spiro atoms. The smallest absolute Gasteiger partial charge is 0.191 e. The summed E-state index contributed by atoms with van der Waals surface area (Å²) in [6.07, 6.45) is 12.5. The lowest BCUT2D eigenvalue weighted by atomic mass is 9.88. The molecule has 2 heterocycles. The first-order valence-electron chi connectivity index (χ1n) is 11.7. The maximum absolute atomic E-state index is 4.93. The van der Waals surface area contributed by atoms with Crippen LogP contribution < -0.4 is 10.6 Å². The SMILES string of the molecule is CCNC(=NCC1CCCN(C)C1)NC1CCN(CC2CCCCC2)CC1. The number of hydrogen-bond acceptors (Lipinski definition) is 3. The summed E-state index contributed by atoms with van der Waals surface area (Å²) in [6.45, 7) is 10.4. The summed E-state index contributed by atoms with van der Waals surface area (Å²) in [6, 6.07) is 0.583. The molecule has 3 aliphatic rings. The molecule has 1 atom stereocenters. The van der Waals surface area contributed by atoms with Crippen molar-refractivity contribution in [2.45, 2.75) is 70.8 Å². The number of rotatable bonds is 6. The fourth-order valence-electron chi connectivity index (χ4n) is 5.15. The van der Waals surface area contributed by atoms with Crippen molar-refractivity contribution in [2.75, 3.05) is 52.9 Å². The van der Waals surface area contributed by atoms with Crippen LogP contribution in [0.3, 0.4) is 0 Å². The van der Waals surface area contributed by atoms with Crippen molar-refractivity contribution in [3.63, 3.8) is 0 Å². The normalized spacial score (nSPS) is 27.6. The number of guanidine groups is 1. The summed E-state index contributed by atoms with van der Waals surface area (Å²) >= 11 is 0. The Morgan fingerprint density at radius 2 is 1.67 bits per heavy atom. The van der Waals surface area contributed by atoms with E-state index in [4.69, 9.17) is 4.99 Å². The van der Waals surface area contributed by atoms with Crippen molar-refractivity contribution in [2.24, 2.45) is 16.8 Å². The highest BCUT2D eigenvalue weighted by Gasteiger charge is 2.23. The monoisotopic (exact) mass is 377 g/mol. The van der Waals surface area contributed by atoms with E-state index in [2.05, 4.69) is 34.4 Å². The predicted molar refractivity (Wildman–Crippen MR) is 115 cm³/mol. The van der Waals surface area contributed by atoms with Gasteiger partial charge in [0.05, 0.1) is 0 Å². The van der Waals surface area contributed by atoms with Gasteiger partial charge < -0.3 is 20.4 Å². The molecule has 0 bridgehead atoms. The van der Waals surface area contributed by atoms with Crippen LogP contribution in [0.4, 0.5) is 0 Å². The van der Waals surface area contributed by atoms with Crippen LogP contribution in [0.2, 0.25) is 0 Å². The van der Waals surface area contributed by atoms with Crippen molar-refractivity contribution in [3.05, 3.63) is 0 Å². The van der Waals surface area contributed by atoms with E-state index >= 15 is 0 Å². The second-order valence-corrected chi connectivity index (χ2v) is 9.21. The molecule has 5 nitrogen and oxygen atoms in total. The molecule has 0 radical (unpaired) electrons. The standard InChI is InChI=1S/C22H43N5/c1-3-23-22(24-16-20-10-7-13-26(2)17-20)25-21-11-14-27(15-12-21)18-19-8-5-4-6-9-19/h19-21H,3-18H2,1-2H3,(H2,23,24,25). The van der Waals surface area contributed by atoms with Gasteiger partial charge in [0.2, 0.25) is 0 Å². The first-order chi connectivity index (χ1) is 13.2. The minimum absolute atomic E-state index is 0.583. The van der Waals surface area contributed by atoms with E-state index in [9.17, 15) is 0 Å². The second-order valence-electron chi connectivity index (χ2n) is 9.21. The Kier molecular flexibility index (Phi) is 8.72. The van der Waals surface area contributed by atoms with Gasteiger partial charge in [0.1, 0.15) is 0 Å². The molecule has 2 N–H and O–H groups in total. The molecular weight excluding hydrogens is 334 g/mol. The third kappa shape index (κ3) is 7.26. The third-order valence-corrected chi connectivity index (χ3v) is 6.74. The van der Waals surface area contributed by atoms with Gasteiger partial charge in [-0.1, -0.05) is 19.3 Å². The maximum atomic E-state index is 4.93. The summed E-state index contributed by atoms with van der Waals surface area (Å²) in [5.74, 6) is 2.73. The highest BCUT2D eigenvalue weighted by Crippen LogP contribution is 2.25. The third-order valence-electron chi connectivity index (χ3n) is 6.74. The fourth-order valence-corrected chi connectivity index (χ4v) is 5.15. The molecule has 156 valence electrons. The van der Waals surface area contributed by atoms with Crippen LogP contribution >= 0.6 is 0 Å². The highest BCUT2D eigenvalue weighted by molar-refractivity contribution is 5.80. The molecule has 27 heavy (non-hydrogen) atoms. The van der Waals surface area contributed by atoms with Crippen molar-refractivity contribution >= 4 is 5.96 Å². The van der Waals surface area contributed by atoms with Crippen LogP contribution in [0.25, 0.3) is 0 Å². The maximum Gasteiger partial charge on any atom is 0.191 e. The topological polar surface area (TPSA) is 42.9 Å². The van der Waals surface area contributed by atoms with Crippen LogP contribution in [0.15, 0.2) is 4.99 Å². The molecule has 0 aromatic rings. The Morgan fingerprint density at radius 3 is 2.37 bits per heavy atom. The van der Waals surface area contributed by atoms with Crippen molar-refractivity contribution in [1.82, 2.24) is 20.4 Å². The molecule has 1 aliphatic carbocycles. The van der Waals surface area contributed by atoms with Crippen molar-refractivity contribution in [1.29, 1.82) is 0 Å². The Balaban J connectivity index is 1.40. The Bertz CT molecular complexity index is 438. The molecular formula is C22H43N5. The molecule has 0 amide bonds. The average molecular weight is 378 g/mol. The van der Waals surface area contributed by atoms with Gasteiger partial charge in [-0.05, 0) is 70.9 Å². The first-order valence-corrected chi connectivity index (χ1v) is 11.7. The Labute approximate surface area is 167 Å². The zero-order chi connectivity index (χ0) is 18.9. The number of piperidine rings is 2. The minimum Gasteiger partial charge on any atom is -0.357 e. The Hall–Kier alpha value is -0.810. The van der Waals surface area contributed by atoms with Gasteiger partial charge in [-0.25, -0.2) is 0 Å². The van der Waals surface area contributed by atoms with E-state index in [-0.39, 0.29) is 0 Å². The average Bonchev–Trinajstić information content (AvgIpc) is 2.69. The van der Waals surface area contributed by atoms with Gasteiger partial charge in [0, 0.05) is 45.3 Å². The highest BCUT2D eigenvalue weighted by atomic mass is 15.2. The molecule has 1 unspecified atom stereocenters. The summed E-state index contributed by atoms with van der Waals surface area (Å²) in [5.41, 5.74) is 0. The number of aliphatic imine (C=N–C) groups is 1. The van der Waals surface area contributed by atoms with E-state index in [1.54, 1.807) is 0 Å².